The summed E-state index contributed by atoms with van der Waals surface area (Å²) < 4.78 is 0. The van der Waals surface area contributed by atoms with Gasteiger partial charge in [0.2, 0.25) is 0 Å². The molecule has 0 aromatic carbocycles. The number of nitrogens with two attached hydrogens (primary N) is 2. The van der Waals surface area contributed by atoms with E-state index in [1.807, 2.05) is 0 Å². The van der Waals surface area contributed by atoms with Crippen molar-refractivity contribution >= 4 is 0 Å². The van der Waals surface area contributed by atoms with Crippen LogP contribution >= 0.6 is 0 Å². The second-order valence-electron chi connectivity index (χ2n) is 4.83. The Morgan fingerprint density at radius 3 is 2.07 bits per heavy atom. The maximum atomic E-state index is 5.85. The summed E-state index contributed by atoms with van der Waals surface area (Å²) in [6.07, 6.45) is 1.95. The monoisotopic (exact) mass is 192 g/mol. The minimum atomic E-state index is 0.256. The lowest BCUT2D eigenvalue weighted by Crippen LogP contribution is -2.24. The second-order valence-corrected chi connectivity index (χ2v) is 4.83. The molecule has 4 N–H and O–H groups in total. The molecule has 0 spiro atoms. The van der Waals surface area contributed by atoms with E-state index in [1.165, 1.54) is 0 Å². The van der Waals surface area contributed by atoms with Crippen LogP contribution in [0.25, 0.3) is 0 Å². The van der Waals surface area contributed by atoms with Crippen LogP contribution in [0.3, 0.4) is 0 Å². The lowest BCUT2D eigenvalue weighted by atomic mass is 9.71. The van der Waals surface area contributed by atoms with E-state index < -0.39 is 0 Å². The quantitative estimate of drug-likeness (QED) is 0.668. The summed E-state index contributed by atoms with van der Waals surface area (Å²) in [4.78, 5) is 0. The van der Waals surface area contributed by atoms with Crippen molar-refractivity contribution in [2.24, 2.45) is 16.9 Å². The van der Waals surface area contributed by atoms with Gasteiger partial charge in [0.1, 0.15) is 0 Å². The molecular formula is C12H20N2. The van der Waals surface area contributed by atoms with Gasteiger partial charge in [-0.2, -0.15) is 0 Å². The third-order valence-electron chi connectivity index (χ3n) is 2.63. The van der Waals surface area contributed by atoms with Gasteiger partial charge in [-0.15, -0.1) is 0 Å². The molecule has 0 aliphatic heterocycles. The zero-order valence-corrected chi connectivity index (χ0v) is 9.19. The lowest BCUT2D eigenvalue weighted by Gasteiger charge is -2.34. The normalized spacial score (nSPS) is 21.2. The Morgan fingerprint density at radius 1 is 1.29 bits per heavy atom. The Hall–Kier alpha value is -1.02. The topological polar surface area (TPSA) is 52.0 Å². The Balaban J connectivity index is 3.04. The van der Waals surface area contributed by atoms with Crippen molar-refractivity contribution in [3.63, 3.8) is 0 Å². The first-order valence-corrected chi connectivity index (χ1v) is 4.92. The molecule has 2 nitrogen and oxygen atoms in total. The summed E-state index contributed by atoms with van der Waals surface area (Å²) in [6, 6.07) is 0. The van der Waals surface area contributed by atoms with Crippen LogP contribution in [0, 0.1) is 5.41 Å². The van der Waals surface area contributed by atoms with E-state index in [1.54, 1.807) is 0 Å². The summed E-state index contributed by atoms with van der Waals surface area (Å²) in [5.41, 5.74) is 15.5. The van der Waals surface area contributed by atoms with Crippen LogP contribution in [-0.2, 0) is 0 Å². The molecule has 0 unspecified atom stereocenters. The van der Waals surface area contributed by atoms with E-state index in [0.717, 1.165) is 35.3 Å². The summed E-state index contributed by atoms with van der Waals surface area (Å²) >= 11 is 0. The molecule has 0 saturated heterocycles. The van der Waals surface area contributed by atoms with Gasteiger partial charge >= 0.3 is 0 Å². The molecule has 78 valence electrons. The Kier molecular flexibility index (Phi) is 2.86. The van der Waals surface area contributed by atoms with Crippen molar-refractivity contribution in [2.45, 2.75) is 26.7 Å². The molecule has 1 rings (SSSR count). The van der Waals surface area contributed by atoms with Crippen molar-refractivity contribution < 1.29 is 0 Å². The van der Waals surface area contributed by atoms with Crippen LogP contribution in [0.15, 0.2) is 35.6 Å². The van der Waals surface area contributed by atoms with E-state index in [0.29, 0.717) is 6.54 Å². The maximum absolute atomic E-state index is 5.85. The number of hydrogen-bond acceptors (Lipinski definition) is 2. The molecule has 2 heteroatoms. The SMILES string of the molecule is C=C1CC(C)(C)CC(=C)C1=C(N)CN. The molecule has 0 bridgehead atoms. The van der Waals surface area contributed by atoms with E-state index >= 15 is 0 Å². The summed E-state index contributed by atoms with van der Waals surface area (Å²) in [5, 5.41) is 0. The van der Waals surface area contributed by atoms with Gasteiger partial charge in [0.25, 0.3) is 0 Å². The Morgan fingerprint density at radius 2 is 1.71 bits per heavy atom. The zero-order chi connectivity index (χ0) is 10.9. The summed E-state index contributed by atoms with van der Waals surface area (Å²) in [7, 11) is 0. The number of allylic oxidation sites excluding steroid dienone is 3. The lowest BCUT2D eigenvalue weighted by molar-refractivity contribution is 0.348. The van der Waals surface area contributed by atoms with Crippen molar-refractivity contribution in [3.8, 4) is 0 Å². The first-order chi connectivity index (χ1) is 6.37. The molecule has 1 aliphatic rings. The number of hydrogen-bond donors (Lipinski definition) is 2. The van der Waals surface area contributed by atoms with Gasteiger partial charge < -0.3 is 11.5 Å². The van der Waals surface area contributed by atoms with Crippen molar-refractivity contribution in [1.29, 1.82) is 0 Å². The third kappa shape index (κ3) is 2.07. The average molecular weight is 192 g/mol. The zero-order valence-electron chi connectivity index (χ0n) is 9.19. The average Bonchev–Trinajstić information content (AvgIpc) is 1.99. The smallest absolute Gasteiger partial charge is 0.0333 e. The summed E-state index contributed by atoms with van der Waals surface area (Å²) in [6.45, 7) is 12.9. The third-order valence-corrected chi connectivity index (χ3v) is 2.63. The fourth-order valence-electron chi connectivity index (χ4n) is 2.20. The van der Waals surface area contributed by atoms with Gasteiger partial charge in [0.15, 0.2) is 0 Å². The summed E-state index contributed by atoms with van der Waals surface area (Å²) in [5.74, 6) is 0. The molecule has 0 aromatic heterocycles. The van der Waals surface area contributed by atoms with Gasteiger partial charge in [-0.3, -0.25) is 0 Å². The molecule has 0 amide bonds. The highest BCUT2D eigenvalue weighted by Crippen LogP contribution is 2.43. The highest BCUT2D eigenvalue weighted by Gasteiger charge is 2.29. The van der Waals surface area contributed by atoms with E-state index in [4.69, 9.17) is 11.5 Å². The van der Waals surface area contributed by atoms with Crippen LogP contribution in [0.1, 0.15) is 26.7 Å². The fraction of sp³-hybridized carbons (Fsp3) is 0.500. The number of rotatable bonds is 1. The first kappa shape index (κ1) is 11.1. The second kappa shape index (κ2) is 3.62. The van der Waals surface area contributed by atoms with Gasteiger partial charge in [-0.1, -0.05) is 27.0 Å². The molecule has 14 heavy (non-hydrogen) atoms. The fourth-order valence-corrected chi connectivity index (χ4v) is 2.20. The minimum absolute atomic E-state index is 0.256. The van der Waals surface area contributed by atoms with Crippen LogP contribution in [0.2, 0.25) is 0 Å². The Labute approximate surface area is 86.4 Å². The van der Waals surface area contributed by atoms with Crippen LogP contribution in [0.5, 0.6) is 0 Å². The standard InChI is InChI=1S/C12H20N2/c1-8-5-12(3,4)6-9(2)11(8)10(14)7-13/h1-2,5-7,13-14H2,3-4H3. The van der Waals surface area contributed by atoms with Gasteiger partial charge in [0.05, 0.1) is 0 Å². The van der Waals surface area contributed by atoms with E-state index in [2.05, 4.69) is 27.0 Å². The van der Waals surface area contributed by atoms with Gasteiger partial charge in [-0.25, -0.2) is 0 Å². The Bertz CT molecular complexity index is 286. The first-order valence-electron chi connectivity index (χ1n) is 4.92. The molecule has 1 aliphatic carbocycles. The molecule has 1 fully saturated rings. The molecule has 0 aromatic rings. The molecule has 0 atom stereocenters. The molecule has 0 heterocycles. The van der Waals surface area contributed by atoms with Gasteiger partial charge in [0, 0.05) is 12.2 Å². The highest BCUT2D eigenvalue weighted by atomic mass is 14.7. The van der Waals surface area contributed by atoms with Crippen LogP contribution < -0.4 is 11.5 Å². The van der Waals surface area contributed by atoms with Gasteiger partial charge in [-0.05, 0) is 35.0 Å². The van der Waals surface area contributed by atoms with Crippen LogP contribution in [-0.4, -0.2) is 6.54 Å². The molecule has 0 radical (unpaired) electrons. The molecule has 1 saturated carbocycles. The maximum Gasteiger partial charge on any atom is 0.0333 e. The van der Waals surface area contributed by atoms with Crippen molar-refractivity contribution in [1.82, 2.24) is 0 Å². The predicted octanol–water partition coefficient (Wildman–Crippen LogP) is 2.09. The van der Waals surface area contributed by atoms with E-state index in [9.17, 15) is 0 Å². The van der Waals surface area contributed by atoms with E-state index in [-0.39, 0.29) is 5.41 Å². The predicted molar refractivity (Wildman–Crippen MR) is 61.6 cm³/mol. The van der Waals surface area contributed by atoms with Crippen LogP contribution in [0.4, 0.5) is 0 Å². The van der Waals surface area contributed by atoms with Crippen molar-refractivity contribution in [3.05, 3.63) is 35.6 Å². The largest absolute Gasteiger partial charge is 0.400 e. The highest BCUT2D eigenvalue weighted by molar-refractivity contribution is 5.50. The van der Waals surface area contributed by atoms with Crippen molar-refractivity contribution in [2.75, 3.05) is 6.54 Å². The molecular weight excluding hydrogens is 172 g/mol. The minimum Gasteiger partial charge on any atom is -0.400 e.